The third-order valence-electron chi connectivity index (χ3n) is 5.50. The predicted octanol–water partition coefficient (Wildman–Crippen LogP) is 4.26. The Morgan fingerprint density at radius 3 is 1.75 bits per heavy atom. The van der Waals surface area contributed by atoms with Crippen LogP contribution in [0, 0.1) is 0 Å². The second-order valence-electron chi connectivity index (χ2n) is 7.98. The van der Waals surface area contributed by atoms with E-state index in [-0.39, 0.29) is 30.6 Å². The molecule has 0 bridgehead atoms. The molecule has 0 spiro atoms. The second kappa shape index (κ2) is 11.6. The maximum Gasteiger partial charge on any atom is 0.223 e. The molecule has 3 aromatic carbocycles. The number of ether oxygens (including phenoxy) is 3. The lowest BCUT2D eigenvalue weighted by Crippen LogP contribution is -2.58. The molecule has 1 heterocycles. The van der Waals surface area contributed by atoms with Crippen molar-refractivity contribution < 1.29 is 19.0 Å². The lowest BCUT2D eigenvalue weighted by Gasteiger charge is -2.38. The molecule has 0 radical (unpaired) electrons. The van der Waals surface area contributed by atoms with E-state index in [1.807, 2.05) is 91.0 Å². The lowest BCUT2D eigenvalue weighted by molar-refractivity contribution is -0.152. The van der Waals surface area contributed by atoms with Gasteiger partial charge in [-0.2, -0.15) is 0 Å². The highest BCUT2D eigenvalue weighted by Gasteiger charge is 2.38. The van der Waals surface area contributed by atoms with E-state index in [0.29, 0.717) is 26.4 Å². The molecule has 3 aromatic rings. The zero-order valence-electron chi connectivity index (χ0n) is 18.1. The van der Waals surface area contributed by atoms with Gasteiger partial charge in [-0.05, 0) is 16.7 Å². The van der Waals surface area contributed by atoms with E-state index in [1.54, 1.807) is 0 Å². The van der Waals surface area contributed by atoms with Gasteiger partial charge in [-0.15, -0.1) is 0 Å². The van der Waals surface area contributed by atoms with Crippen LogP contribution in [0.2, 0.25) is 0 Å². The Morgan fingerprint density at radius 1 is 0.688 bits per heavy atom. The topological polar surface area (TPSA) is 56.8 Å². The van der Waals surface area contributed by atoms with Crippen LogP contribution in [0.15, 0.2) is 91.0 Å². The molecule has 1 unspecified atom stereocenters. The number of amides is 1. The number of carbonyl (C=O) groups excluding carboxylic acids is 1. The van der Waals surface area contributed by atoms with Gasteiger partial charge in [-0.3, -0.25) is 4.79 Å². The van der Waals surface area contributed by atoms with Crippen molar-refractivity contribution in [3.8, 4) is 0 Å². The molecule has 3 atom stereocenters. The fourth-order valence-electron chi connectivity index (χ4n) is 3.84. The average Bonchev–Trinajstić information content (AvgIpc) is 2.84. The van der Waals surface area contributed by atoms with Crippen LogP contribution >= 0.6 is 0 Å². The SMILES string of the molecule is O=C1CC(OCc2ccccc2)[C@@H](OCc2ccccc2)[C@@H](COCc2ccccc2)N1. The molecule has 0 aliphatic carbocycles. The van der Waals surface area contributed by atoms with Gasteiger partial charge in [0.2, 0.25) is 5.91 Å². The van der Waals surface area contributed by atoms with E-state index in [9.17, 15) is 4.79 Å². The van der Waals surface area contributed by atoms with E-state index in [0.717, 1.165) is 16.7 Å². The van der Waals surface area contributed by atoms with Crippen LogP contribution in [0.5, 0.6) is 0 Å². The van der Waals surface area contributed by atoms with Crippen LogP contribution in [-0.4, -0.2) is 30.8 Å². The van der Waals surface area contributed by atoms with Crippen molar-refractivity contribution in [2.45, 2.75) is 44.5 Å². The van der Waals surface area contributed by atoms with Gasteiger partial charge < -0.3 is 19.5 Å². The third-order valence-corrected chi connectivity index (χ3v) is 5.50. The number of carbonyl (C=O) groups is 1. The van der Waals surface area contributed by atoms with Gasteiger partial charge in [0.15, 0.2) is 0 Å². The number of benzene rings is 3. The highest BCUT2D eigenvalue weighted by Crippen LogP contribution is 2.22. The smallest absolute Gasteiger partial charge is 0.223 e. The van der Waals surface area contributed by atoms with Crippen molar-refractivity contribution in [1.29, 1.82) is 0 Å². The monoisotopic (exact) mass is 431 g/mol. The van der Waals surface area contributed by atoms with Gasteiger partial charge >= 0.3 is 0 Å². The van der Waals surface area contributed by atoms with E-state index >= 15 is 0 Å². The lowest BCUT2D eigenvalue weighted by atomic mass is 9.97. The number of rotatable bonds is 10. The summed E-state index contributed by atoms with van der Waals surface area (Å²) in [7, 11) is 0. The fourth-order valence-corrected chi connectivity index (χ4v) is 3.84. The van der Waals surface area contributed by atoms with Gasteiger partial charge in [0, 0.05) is 0 Å². The van der Waals surface area contributed by atoms with Crippen molar-refractivity contribution in [2.24, 2.45) is 0 Å². The maximum atomic E-state index is 12.4. The highest BCUT2D eigenvalue weighted by molar-refractivity contribution is 5.78. The zero-order chi connectivity index (χ0) is 22.0. The summed E-state index contributed by atoms with van der Waals surface area (Å²) < 4.78 is 18.5. The van der Waals surface area contributed by atoms with Crippen LogP contribution in [0.4, 0.5) is 0 Å². The van der Waals surface area contributed by atoms with E-state index < -0.39 is 0 Å². The van der Waals surface area contributed by atoms with Gasteiger partial charge in [0.1, 0.15) is 6.10 Å². The molecule has 5 heteroatoms. The third kappa shape index (κ3) is 6.50. The minimum Gasteiger partial charge on any atom is -0.375 e. The van der Waals surface area contributed by atoms with Crippen LogP contribution in [0.1, 0.15) is 23.1 Å². The Hall–Kier alpha value is -2.99. The van der Waals surface area contributed by atoms with Crippen LogP contribution < -0.4 is 5.32 Å². The molecule has 5 nitrogen and oxygen atoms in total. The molecule has 1 aliphatic rings. The standard InChI is InChI=1S/C27H29NO4/c29-26-16-25(31-18-22-12-6-2-7-13-22)27(32-19-23-14-8-3-9-15-23)24(28-26)20-30-17-21-10-4-1-5-11-21/h1-15,24-25,27H,16-20H2,(H,28,29)/t24-,25?,27+/m1/s1. The minimum absolute atomic E-state index is 0.0454. The predicted molar refractivity (Wildman–Crippen MR) is 123 cm³/mol. The molecule has 1 fully saturated rings. The number of piperidine rings is 1. The summed E-state index contributed by atoms with van der Waals surface area (Å²) in [6.07, 6.45) is -0.396. The van der Waals surface area contributed by atoms with Crippen molar-refractivity contribution in [3.05, 3.63) is 108 Å². The molecule has 1 saturated heterocycles. The molecular weight excluding hydrogens is 402 g/mol. The first-order chi connectivity index (χ1) is 15.8. The summed E-state index contributed by atoms with van der Waals surface area (Å²) in [6.45, 7) is 1.71. The van der Waals surface area contributed by atoms with Gasteiger partial charge in [-0.25, -0.2) is 0 Å². The number of hydrogen-bond acceptors (Lipinski definition) is 4. The summed E-state index contributed by atoms with van der Waals surface area (Å²) in [6, 6.07) is 29.7. The quantitative estimate of drug-likeness (QED) is 0.521. The van der Waals surface area contributed by atoms with Gasteiger partial charge in [0.25, 0.3) is 0 Å². The summed E-state index contributed by atoms with van der Waals surface area (Å²) in [5.74, 6) is -0.0454. The molecule has 1 aliphatic heterocycles. The second-order valence-corrected chi connectivity index (χ2v) is 7.98. The van der Waals surface area contributed by atoms with Crippen LogP contribution in [0.3, 0.4) is 0 Å². The first-order valence-corrected chi connectivity index (χ1v) is 11.0. The average molecular weight is 432 g/mol. The van der Waals surface area contributed by atoms with Gasteiger partial charge in [0.05, 0.1) is 45.0 Å². The largest absolute Gasteiger partial charge is 0.375 e. The molecule has 4 rings (SSSR count). The molecule has 0 saturated carbocycles. The number of hydrogen-bond donors (Lipinski definition) is 1. The maximum absolute atomic E-state index is 12.4. The molecular formula is C27H29NO4. The molecule has 0 aromatic heterocycles. The zero-order valence-corrected chi connectivity index (χ0v) is 18.1. The van der Waals surface area contributed by atoms with Crippen molar-refractivity contribution in [1.82, 2.24) is 5.32 Å². The Bertz CT molecular complexity index is 949. The summed E-state index contributed by atoms with van der Waals surface area (Å²) in [5.41, 5.74) is 3.24. The minimum atomic E-state index is -0.349. The Labute approximate surface area is 189 Å². The normalized spacial score (nSPS) is 20.6. The van der Waals surface area contributed by atoms with E-state index in [4.69, 9.17) is 14.2 Å². The van der Waals surface area contributed by atoms with Crippen LogP contribution in [0.25, 0.3) is 0 Å². The Balaban J connectivity index is 1.42. The summed E-state index contributed by atoms with van der Waals surface area (Å²) >= 11 is 0. The molecule has 32 heavy (non-hydrogen) atoms. The van der Waals surface area contributed by atoms with Crippen molar-refractivity contribution in [2.75, 3.05) is 6.61 Å². The number of nitrogens with one attached hydrogen (secondary N) is 1. The fraction of sp³-hybridized carbons (Fsp3) is 0.296. The molecule has 1 N–H and O–H groups in total. The Morgan fingerprint density at radius 2 is 1.19 bits per heavy atom. The first kappa shape index (κ1) is 22.2. The summed E-state index contributed by atoms with van der Waals surface area (Å²) in [4.78, 5) is 12.4. The van der Waals surface area contributed by atoms with Crippen molar-refractivity contribution >= 4 is 5.91 Å². The Kier molecular flexibility index (Phi) is 8.04. The molecule has 1 amide bonds. The van der Waals surface area contributed by atoms with E-state index in [2.05, 4.69) is 5.32 Å². The first-order valence-electron chi connectivity index (χ1n) is 11.0. The van der Waals surface area contributed by atoms with Gasteiger partial charge in [-0.1, -0.05) is 91.0 Å². The van der Waals surface area contributed by atoms with E-state index in [1.165, 1.54) is 0 Å². The van der Waals surface area contributed by atoms with Crippen molar-refractivity contribution in [3.63, 3.8) is 0 Å². The molecule has 166 valence electrons. The summed E-state index contributed by atoms with van der Waals surface area (Å²) in [5, 5.41) is 3.05. The highest BCUT2D eigenvalue weighted by atomic mass is 16.5. The van der Waals surface area contributed by atoms with Crippen LogP contribution in [-0.2, 0) is 38.8 Å².